The molecule has 0 amide bonds. The maximum atomic E-state index is 13.0. The number of rotatable bonds is 5. The van der Waals surface area contributed by atoms with Crippen LogP contribution in [-0.2, 0) is 10.0 Å². The summed E-state index contributed by atoms with van der Waals surface area (Å²) in [4.78, 5) is 0.137. The summed E-state index contributed by atoms with van der Waals surface area (Å²) in [5.41, 5.74) is 5.46. The van der Waals surface area contributed by atoms with Gasteiger partial charge in [0.1, 0.15) is 4.47 Å². The van der Waals surface area contributed by atoms with Gasteiger partial charge in [0.25, 0.3) is 15.9 Å². The van der Waals surface area contributed by atoms with Crippen molar-refractivity contribution in [2.75, 3.05) is 4.72 Å². The summed E-state index contributed by atoms with van der Waals surface area (Å²) < 4.78 is 34.1. The summed E-state index contributed by atoms with van der Waals surface area (Å²) in [7, 11) is -3.87. The highest BCUT2D eigenvalue weighted by molar-refractivity contribution is 9.10. The Morgan fingerprint density at radius 3 is 2.17 bits per heavy atom. The van der Waals surface area contributed by atoms with Gasteiger partial charge in [0.15, 0.2) is 0 Å². The fraction of sp³-hybridized carbons (Fsp3) is 0.0870. The summed E-state index contributed by atoms with van der Waals surface area (Å²) in [6, 6.07) is 23.0. The van der Waals surface area contributed by atoms with Crippen LogP contribution in [0.4, 0.5) is 5.88 Å². The Labute approximate surface area is 183 Å². The zero-order valence-electron chi connectivity index (χ0n) is 16.4. The second-order valence-electron chi connectivity index (χ2n) is 6.96. The summed E-state index contributed by atoms with van der Waals surface area (Å²) in [6.45, 7) is 3.75. The molecule has 0 aliphatic carbocycles. The molecule has 0 spiro atoms. The smallest absolute Gasteiger partial charge is 0.264 e. The van der Waals surface area contributed by atoms with Crippen LogP contribution in [0.2, 0.25) is 0 Å². The zero-order valence-corrected chi connectivity index (χ0v) is 18.8. The minimum Gasteiger partial charge on any atom is -0.336 e. The molecule has 5 nitrogen and oxygen atoms in total. The Hall–Kier alpha value is -2.90. The predicted octanol–water partition coefficient (Wildman–Crippen LogP) is 6.19. The van der Waals surface area contributed by atoms with Crippen LogP contribution in [-0.4, -0.2) is 13.6 Å². The molecular weight excluding hydrogens is 464 g/mol. The van der Waals surface area contributed by atoms with Crippen molar-refractivity contribution in [3.8, 4) is 22.3 Å². The van der Waals surface area contributed by atoms with Crippen molar-refractivity contribution in [1.82, 2.24) is 5.16 Å². The van der Waals surface area contributed by atoms with Crippen LogP contribution in [0.25, 0.3) is 22.3 Å². The molecule has 0 saturated heterocycles. The molecule has 0 saturated carbocycles. The Bertz CT molecular complexity index is 1300. The highest BCUT2D eigenvalue weighted by atomic mass is 79.9. The van der Waals surface area contributed by atoms with Gasteiger partial charge in [-0.25, -0.2) is 13.1 Å². The highest BCUT2D eigenvalue weighted by Gasteiger charge is 2.21. The van der Waals surface area contributed by atoms with Crippen molar-refractivity contribution in [3.63, 3.8) is 0 Å². The van der Waals surface area contributed by atoms with Crippen LogP contribution < -0.4 is 4.72 Å². The molecule has 152 valence electrons. The van der Waals surface area contributed by atoms with Crippen molar-refractivity contribution in [2.24, 2.45) is 0 Å². The van der Waals surface area contributed by atoms with Crippen molar-refractivity contribution >= 4 is 31.8 Å². The fourth-order valence-corrected chi connectivity index (χ4v) is 4.53. The lowest BCUT2D eigenvalue weighted by atomic mass is 9.94. The minimum absolute atomic E-state index is 0.0522. The summed E-state index contributed by atoms with van der Waals surface area (Å²) in [6.07, 6.45) is 0. The molecule has 7 heteroatoms. The third kappa shape index (κ3) is 4.04. The molecule has 0 unspecified atom stereocenters. The van der Waals surface area contributed by atoms with E-state index < -0.39 is 10.0 Å². The van der Waals surface area contributed by atoms with E-state index in [0.717, 1.165) is 27.8 Å². The van der Waals surface area contributed by atoms with Gasteiger partial charge >= 0.3 is 0 Å². The number of sulfonamides is 1. The van der Waals surface area contributed by atoms with Gasteiger partial charge < -0.3 is 4.52 Å². The monoisotopic (exact) mass is 482 g/mol. The quantitative estimate of drug-likeness (QED) is 0.368. The number of nitrogens with zero attached hydrogens (tertiary/aromatic N) is 1. The number of halogens is 1. The SMILES string of the molecule is Cc1ccc(-c2ccc(S(=O)(=O)Nc3onc(C)c3Br)cc2-c2ccccc2)cc1. The van der Waals surface area contributed by atoms with Gasteiger partial charge in [-0.2, -0.15) is 0 Å². The fourth-order valence-electron chi connectivity index (χ4n) is 3.13. The Morgan fingerprint density at radius 1 is 0.867 bits per heavy atom. The molecule has 30 heavy (non-hydrogen) atoms. The largest absolute Gasteiger partial charge is 0.336 e. The van der Waals surface area contributed by atoms with Crippen LogP contribution in [0, 0.1) is 13.8 Å². The van der Waals surface area contributed by atoms with Crippen LogP contribution in [0.5, 0.6) is 0 Å². The van der Waals surface area contributed by atoms with E-state index in [0.29, 0.717) is 10.2 Å². The average Bonchev–Trinajstić information content (AvgIpc) is 3.06. The van der Waals surface area contributed by atoms with E-state index in [2.05, 4.69) is 25.8 Å². The number of nitrogens with one attached hydrogen (secondary N) is 1. The first-order chi connectivity index (χ1) is 14.3. The van der Waals surface area contributed by atoms with Gasteiger partial charge in [-0.15, -0.1) is 0 Å². The lowest BCUT2D eigenvalue weighted by Crippen LogP contribution is -2.13. The third-order valence-corrected chi connectivity index (χ3v) is 7.03. The van der Waals surface area contributed by atoms with E-state index in [4.69, 9.17) is 4.52 Å². The molecular formula is C23H19BrN2O3S. The first kappa shape index (κ1) is 20.4. The molecule has 0 radical (unpaired) electrons. The normalized spacial score (nSPS) is 11.4. The summed E-state index contributed by atoms with van der Waals surface area (Å²) >= 11 is 3.29. The van der Waals surface area contributed by atoms with Gasteiger partial charge in [-0.3, -0.25) is 0 Å². The van der Waals surface area contributed by atoms with Crippen molar-refractivity contribution in [1.29, 1.82) is 0 Å². The molecule has 1 aromatic heterocycles. The number of anilines is 1. The average molecular weight is 483 g/mol. The van der Waals surface area contributed by atoms with E-state index in [1.54, 1.807) is 19.1 Å². The zero-order chi connectivity index (χ0) is 21.3. The summed E-state index contributed by atoms with van der Waals surface area (Å²) in [5, 5.41) is 3.77. The molecule has 1 heterocycles. The van der Waals surface area contributed by atoms with E-state index >= 15 is 0 Å². The lowest BCUT2D eigenvalue weighted by molar-refractivity contribution is 0.430. The molecule has 0 atom stereocenters. The number of hydrogen-bond acceptors (Lipinski definition) is 4. The minimum atomic E-state index is -3.87. The molecule has 4 aromatic rings. The van der Waals surface area contributed by atoms with Crippen LogP contribution in [0.1, 0.15) is 11.3 Å². The van der Waals surface area contributed by atoms with E-state index in [-0.39, 0.29) is 10.8 Å². The van der Waals surface area contributed by atoms with Crippen LogP contribution in [0.15, 0.2) is 86.7 Å². The predicted molar refractivity (Wildman–Crippen MR) is 122 cm³/mol. The second-order valence-corrected chi connectivity index (χ2v) is 9.43. The molecule has 4 rings (SSSR count). The molecule has 0 aliphatic heterocycles. The Kier molecular flexibility index (Phi) is 5.49. The van der Waals surface area contributed by atoms with Gasteiger partial charge in [0.2, 0.25) is 0 Å². The number of aromatic nitrogens is 1. The van der Waals surface area contributed by atoms with Crippen LogP contribution in [0.3, 0.4) is 0 Å². The lowest BCUT2D eigenvalue weighted by Gasteiger charge is -2.14. The standard InChI is InChI=1S/C23H19BrN2O3S/c1-15-8-10-18(11-9-15)20-13-12-19(14-21(20)17-6-4-3-5-7-17)30(27,28)26-23-22(24)16(2)25-29-23/h3-14,26H,1-2H3. The maximum absolute atomic E-state index is 13.0. The van der Waals surface area contributed by atoms with Gasteiger partial charge in [-0.05, 0) is 64.2 Å². The number of hydrogen-bond donors (Lipinski definition) is 1. The van der Waals surface area contributed by atoms with Crippen molar-refractivity contribution in [2.45, 2.75) is 18.7 Å². The molecule has 0 fully saturated rings. The van der Waals surface area contributed by atoms with E-state index in [9.17, 15) is 8.42 Å². The van der Waals surface area contributed by atoms with E-state index in [1.165, 1.54) is 0 Å². The van der Waals surface area contributed by atoms with Gasteiger partial charge in [-0.1, -0.05) is 71.4 Å². The highest BCUT2D eigenvalue weighted by Crippen LogP contribution is 2.35. The second kappa shape index (κ2) is 8.08. The van der Waals surface area contributed by atoms with Crippen molar-refractivity contribution < 1.29 is 12.9 Å². The van der Waals surface area contributed by atoms with Crippen molar-refractivity contribution in [3.05, 3.63) is 88.5 Å². The molecule has 3 aromatic carbocycles. The molecule has 0 aliphatic rings. The number of aryl methyl sites for hydroxylation is 2. The van der Waals surface area contributed by atoms with E-state index in [1.807, 2.05) is 67.6 Å². The maximum Gasteiger partial charge on any atom is 0.264 e. The molecule has 0 bridgehead atoms. The Balaban J connectivity index is 1.82. The number of benzene rings is 3. The third-order valence-electron chi connectivity index (χ3n) is 4.77. The Morgan fingerprint density at radius 2 is 1.53 bits per heavy atom. The van der Waals surface area contributed by atoms with Gasteiger partial charge in [0.05, 0.1) is 10.6 Å². The van der Waals surface area contributed by atoms with Gasteiger partial charge in [0, 0.05) is 0 Å². The topological polar surface area (TPSA) is 72.2 Å². The first-order valence-corrected chi connectivity index (χ1v) is 11.5. The first-order valence-electron chi connectivity index (χ1n) is 9.26. The van der Waals surface area contributed by atoms with Crippen LogP contribution >= 0.6 is 15.9 Å². The molecule has 1 N–H and O–H groups in total. The summed E-state index contributed by atoms with van der Waals surface area (Å²) in [5.74, 6) is 0.0522.